The first kappa shape index (κ1) is 24.0. The van der Waals surface area contributed by atoms with Crippen molar-refractivity contribution in [3.63, 3.8) is 0 Å². The number of aliphatic imine (C=N–C) groups is 1. The summed E-state index contributed by atoms with van der Waals surface area (Å²) in [6, 6.07) is 17.5. The van der Waals surface area contributed by atoms with Gasteiger partial charge in [0.1, 0.15) is 6.61 Å². The van der Waals surface area contributed by atoms with E-state index in [9.17, 15) is 4.79 Å². The Morgan fingerprint density at radius 3 is 2.52 bits per heavy atom. The van der Waals surface area contributed by atoms with Gasteiger partial charge in [-0.25, -0.2) is 9.79 Å². The van der Waals surface area contributed by atoms with Crippen LogP contribution in [0.5, 0.6) is 11.5 Å². The van der Waals surface area contributed by atoms with Gasteiger partial charge in [0.2, 0.25) is 5.90 Å². The lowest BCUT2D eigenvalue weighted by molar-refractivity contribution is -0.129. The standard InChI is InChI=1S/C25H18Br2INO4/c1-14-3-5-15(6-4-14)13-32-23-19(27)9-16(11-22(23)31-2)10-21-25(30)33-24(29-21)17-7-8-20(28)18(26)12-17/h3-12H,13H2,1-2H3/b21-10-. The van der Waals surface area contributed by atoms with Gasteiger partial charge in [0, 0.05) is 13.6 Å². The predicted octanol–water partition coefficient (Wildman–Crippen LogP) is 7.06. The Labute approximate surface area is 222 Å². The summed E-state index contributed by atoms with van der Waals surface area (Å²) in [7, 11) is 1.58. The van der Waals surface area contributed by atoms with Crippen molar-refractivity contribution in [1.82, 2.24) is 0 Å². The molecule has 8 heteroatoms. The second kappa shape index (κ2) is 10.4. The largest absolute Gasteiger partial charge is 0.493 e. The molecule has 0 atom stereocenters. The number of methoxy groups -OCH3 is 1. The van der Waals surface area contributed by atoms with Crippen molar-refractivity contribution >= 4 is 72.4 Å². The molecule has 0 aliphatic carbocycles. The minimum absolute atomic E-state index is 0.210. The number of benzene rings is 3. The molecule has 0 saturated heterocycles. The molecule has 0 unspecified atom stereocenters. The quantitative estimate of drug-likeness (QED) is 0.159. The topological polar surface area (TPSA) is 57.1 Å². The van der Waals surface area contributed by atoms with Crippen molar-refractivity contribution in [3.8, 4) is 11.5 Å². The SMILES string of the molecule is COc1cc(/C=C2\N=C(c3ccc(I)c(Br)c3)OC2=O)cc(Br)c1OCc1ccc(C)cc1. The normalized spacial score (nSPS) is 14.3. The summed E-state index contributed by atoms with van der Waals surface area (Å²) >= 11 is 9.27. The Balaban J connectivity index is 1.59. The average molecular weight is 683 g/mol. The first-order valence-corrected chi connectivity index (χ1v) is 12.5. The van der Waals surface area contributed by atoms with Crippen molar-refractivity contribution in [3.05, 3.63) is 95.1 Å². The van der Waals surface area contributed by atoms with E-state index in [0.717, 1.165) is 24.7 Å². The van der Waals surface area contributed by atoms with Crippen LogP contribution in [0.25, 0.3) is 6.08 Å². The summed E-state index contributed by atoms with van der Waals surface area (Å²) in [5, 5.41) is 0. The lowest BCUT2D eigenvalue weighted by Crippen LogP contribution is -2.05. The molecule has 0 saturated carbocycles. The molecule has 0 radical (unpaired) electrons. The fraction of sp³-hybridized carbons (Fsp3) is 0.120. The Morgan fingerprint density at radius 1 is 1.06 bits per heavy atom. The molecular weight excluding hydrogens is 665 g/mol. The third kappa shape index (κ3) is 5.67. The van der Waals surface area contributed by atoms with Crippen molar-refractivity contribution in [1.29, 1.82) is 0 Å². The van der Waals surface area contributed by atoms with Crippen LogP contribution >= 0.6 is 54.5 Å². The molecule has 4 rings (SSSR count). The number of ether oxygens (including phenoxy) is 3. The van der Waals surface area contributed by atoms with Crippen molar-refractivity contribution in [2.45, 2.75) is 13.5 Å². The van der Waals surface area contributed by atoms with Gasteiger partial charge in [-0.1, -0.05) is 29.8 Å². The Hall–Kier alpha value is -2.17. The van der Waals surface area contributed by atoms with Crippen LogP contribution in [0.15, 0.2) is 74.2 Å². The predicted molar refractivity (Wildman–Crippen MR) is 144 cm³/mol. The van der Waals surface area contributed by atoms with E-state index in [4.69, 9.17) is 14.2 Å². The molecule has 0 fully saturated rings. The van der Waals surface area contributed by atoms with Gasteiger partial charge in [-0.15, -0.1) is 0 Å². The molecule has 5 nitrogen and oxygen atoms in total. The zero-order chi connectivity index (χ0) is 23.5. The van der Waals surface area contributed by atoms with Crippen LogP contribution in [-0.2, 0) is 16.1 Å². The smallest absolute Gasteiger partial charge is 0.363 e. The third-order valence-corrected chi connectivity index (χ3v) is 7.77. The zero-order valence-corrected chi connectivity index (χ0v) is 23.0. The third-order valence-electron chi connectivity index (χ3n) is 4.85. The van der Waals surface area contributed by atoms with Crippen molar-refractivity contribution in [2.24, 2.45) is 4.99 Å². The molecule has 1 aliphatic heterocycles. The first-order chi connectivity index (χ1) is 15.8. The van der Waals surface area contributed by atoms with Gasteiger partial charge in [0.05, 0.1) is 11.6 Å². The molecule has 3 aromatic carbocycles. The van der Waals surface area contributed by atoms with E-state index < -0.39 is 5.97 Å². The molecule has 168 valence electrons. The van der Waals surface area contributed by atoms with E-state index in [1.165, 1.54) is 5.56 Å². The zero-order valence-electron chi connectivity index (χ0n) is 17.7. The van der Waals surface area contributed by atoms with Gasteiger partial charge in [-0.3, -0.25) is 0 Å². The highest BCUT2D eigenvalue weighted by Crippen LogP contribution is 2.38. The van der Waals surface area contributed by atoms with Gasteiger partial charge >= 0.3 is 5.97 Å². The number of carbonyl (C=O) groups is 1. The molecule has 1 aliphatic rings. The molecule has 0 N–H and O–H groups in total. The summed E-state index contributed by atoms with van der Waals surface area (Å²) in [4.78, 5) is 16.8. The maximum atomic E-state index is 12.4. The number of cyclic esters (lactones) is 1. The van der Waals surface area contributed by atoms with Crippen LogP contribution in [0, 0.1) is 10.5 Å². The van der Waals surface area contributed by atoms with Gasteiger partial charge in [-0.2, -0.15) is 0 Å². The fourth-order valence-corrected chi connectivity index (χ4v) is 4.41. The van der Waals surface area contributed by atoms with Crippen LogP contribution in [-0.4, -0.2) is 19.0 Å². The summed E-state index contributed by atoms with van der Waals surface area (Å²) in [5.74, 6) is 0.893. The molecule has 0 amide bonds. The van der Waals surface area contributed by atoms with Gasteiger partial charge in [-0.05, 0) is 109 Å². The molecular formula is C25H18Br2INO4. The molecule has 33 heavy (non-hydrogen) atoms. The Morgan fingerprint density at radius 2 is 1.82 bits per heavy atom. The first-order valence-electron chi connectivity index (χ1n) is 9.88. The van der Waals surface area contributed by atoms with E-state index in [2.05, 4.69) is 59.4 Å². The van der Waals surface area contributed by atoms with E-state index in [-0.39, 0.29) is 11.6 Å². The molecule has 1 heterocycles. The summed E-state index contributed by atoms with van der Waals surface area (Å²) in [6.45, 7) is 2.45. The van der Waals surface area contributed by atoms with E-state index in [1.807, 2.05) is 55.5 Å². The highest BCUT2D eigenvalue weighted by atomic mass is 127. The number of carbonyl (C=O) groups excluding carboxylic acids is 1. The van der Waals surface area contributed by atoms with Gasteiger partial charge in [0.15, 0.2) is 17.2 Å². The Bertz CT molecular complexity index is 1290. The monoisotopic (exact) mass is 681 g/mol. The van der Waals surface area contributed by atoms with E-state index in [0.29, 0.717) is 22.6 Å². The van der Waals surface area contributed by atoms with Crippen molar-refractivity contribution in [2.75, 3.05) is 7.11 Å². The fourth-order valence-electron chi connectivity index (χ4n) is 3.12. The lowest BCUT2D eigenvalue weighted by Gasteiger charge is -2.14. The van der Waals surface area contributed by atoms with Crippen LogP contribution in [0.2, 0.25) is 0 Å². The minimum atomic E-state index is -0.505. The maximum Gasteiger partial charge on any atom is 0.363 e. The molecule has 0 spiro atoms. The van der Waals surface area contributed by atoms with Crippen LogP contribution in [0.3, 0.4) is 0 Å². The number of hydrogen-bond donors (Lipinski definition) is 0. The van der Waals surface area contributed by atoms with Crippen LogP contribution in [0.1, 0.15) is 22.3 Å². The number of rotatable bonds is 6. The molecule has 0 bridgehead atoms. The van der Waals surface area contributed by atoms with Crippen molar-refractivity contribution < 1.29 is 19.0 Å². The number of esters is 1. The van der Waals surface area contributed by atoms with Gasteiger partial charge < -0.3 is 14.2 Å². The Kier molecular flexibility index (Phi) is 7.55. The summed E-state index contributed by atoms with van der Waals surface area (Å²) in [6.07, 6.45) is 1.66. The number of aryl methyl sites for hydroxylation is 1. The second-order valence-electron chi connectivity index (χ2n) is 7.27. The average Bonchev–Trinajstić information content (AvgIpc) is 3.15. The lowest BCUT2D eigenvalue weighted by atomic mass is 10.1. The number of nitrogens with zero attached hydrogens (tertiary/aromatic N) is 1. The van der Waals surface area contributed by atoms with Crippen LogP contribution in [0.4, 0.5) is 0 Å². The highest BCUT2D eigenvalue weighted by Gasteiger charge is 2.25. The highest BCUT2D eigenvalue weighted by molar-refractivity contribution is 14.1. The summed E-state index contributed by atoms with van der Waals surface area (Å²) < 4.78 is 19.6. The van der Waals surface area contributed by atoms with Gasteiger partial charge in [0.25, 0.3) is 0 Å². The molecule has 3 aromatic rings. The number of halogens is 3. The summed E-state index contributed by atoms with van der Waals surface area (Å²) in [5.41, 5.74) is 3.90. The number of hydrogen-bond acceptors (Lipinski definition) is 5. The minimum Gasteiger partial charge on any atom is -0.493 e. The van der Waals surface area contributed by atoms with Crippen LogP contribution < -0.4 is 9.47 Å². The van der Waals surface area contributed by atoms with E-state index >= 15 is 0 Å². The maximum absolute atomic E-state index is 12.4. The second-order valence-corrected chi connectivity index (χ2v) is 10.1. The van der Waals surface area contributed by atoms with E-state index in [1.54, 1.807) is 19.3 Å². The molecule has 0 aromatic heterocycles.